The number of hydrogen-bond acceptors (Lipinski definition) is 1. The van der Waals surface area contributed by atoms with E-state index in [4.69, 9.17) is 11.6 Å². The smallest absolute Gasteiger partial charge is 0.136 e. The Hall–Kier alpha value is -0.960. The molecule has 0 radical (unpaired) electrons. The third-order valence-electron chi connectivity index (χ3n) is 2.14. The maximum Gasteiger partial charge on any atom is 0.136 e. The third-order valence-corrected chi connectivity index (χ3v) is 2.31. The van der Waals surface area contributed by atoms with Crippen molar-refractivity contribution in [1.29, 1.82) is 0 Å². The second-order valence-electron chi connectivity index (χ2n) is 2.97. The summed E-state index contributed by atoms with van der Waals surface area (Å²) in [5.41, 5.74) is 2.25. The highest BCUT2D eigenvalue weighted by Crippen LogP contribution is 2.08. The Morgan fingerprint density at radius 2 is 2.31 bits per heavy atom. The average molecular weight is 198 g/mol. The van der Waals surface area contributed by atoms with E-state index in [1.165, 1.54) is 0 Å². The molecule has 2 rings (SSSR count). The molecule has 2 aromatic rings. The number of imidazole rings is 1. The SMILES string of the molecule is CCc1cc2n(CCCl)ccn2n1. The Balaban J connectivity index is 2.46. The van der Waals surface area contributed by atoms with Crippen LogP contribution in [0.15, 0.2) is 18.5 Å². The first-order chi connectivity index (χ1) is 6.35. The van der Waals surface area contributed by atoms with Crippen molar-refractivity contribution < 1.29 is 0 Å². The maximum atomic E-state index is 5.68. The molecule has 0 saturated carbocycles. The van der Waals surface area contributed by atoms with Crippen molar-refractivity contribution in [2.75, 3.05) is 5.88 Å². The van der Waals surface area contributed by atoms with Gasteiger partial charge in [-0.05, 0) is 6.42 Å². The molecule has 0 unspecified atom stereocenters. The minimum Gasteiger partial charge on any atom is -0.330 e. The summed E-state index contributed by atoms with van der Waals surface area (Å²) in [5, 5.41) is 4.39. The zero-order valence-corrected chi connectivity index (χ0v) is 8.33. The fourth-order valence-electron chi connectivity index (χ4n) is 1.43. The Morgan fingerprint density at radius 3 is 3.00 bits per heavy atom. The molecule has 13 heavy (non-hydrogen) atoms. The summed E-state index contributed by atoms with van der Waals surface area (Å²) in [5.74, 6) is 0.636. The zero-order chi connectivity index (χ0) is 9.26. The second-order valence-corrected chi connectivity index (χ2v) is 3.35. The van der Waals surface area contributed by atoms with Gasteiger partial charge in [-0.3, -0.25) is 0 Å². The zero-order valence-electron chi connectivity index (χ0n) is 7.57. The Morgan fingerprint density at radius 1 is 1.46 bits per heavy atom. The van der Waals surface area contributed by atoms with Crippen LogP contribution in [0.1, 0.15) is 12.6 Å². The van der Waals surface area contributed by atoms with E-state index in [-0.39, 0.29) is 0 Å². The molecule has 0 aromatic carbocycles. The highest BCUT2D eigenvalue weighted by Gasteiger charge is 2.03. The molecular weight excluding hydrogens is 186 g/mol. The van der Waals surface area contributed by atoms with E-state index in [0.717, 1.165) is 24.3 Å². The summed E-state index contributed by atoms with van der Waals surface area (Å²) in [4.78, 5) is 0. The predicted molar refractivity (Wildman–Crippen MR) is 53.3 cm³/mol. The number of aromatic nitrogens is 3. The minimum atomic E-state index is 0.636. The first kappa shape index (κ1) is 8.63. The molecule has 0 aliphatic carbocycles. The van der Waals surface area contributed by atoms with E-state index in [9.17, 15) is 0 Å². The fraction of sp³-hybridized carbons (Fsp3) is 0.444. The molecule has 0 N–H and O–H groups in total. The van der Waals surface area contributed by atoms with Crippen LogP contribution in [-0.4, -0.2) is 20.1 Å². The normalized spacial score (nSPS) is 11.2. The van der Waals surface area contributed by atoms with E-state index >= 15 is 0 Å². The third kappa shape index (κ3) is 1.44. The molecular formula is C9H12ClN3. The van der Waals surface area contributed by atoms with Crippen LogP contribution in [0.4, 0.5) is 0 Å². The van der Waals surface area contributed by atoms with Crippen LogP contribution in [-0.2, 0) is 13.0 Å². The van der Waals surface area contributed by atoms with Gasteiger partial charge < -0.3 is 4.57 Å². The first-order valence-electron chi connectivity index (χ1n) is 4.44. The largest absolute Gasteiger partial charge is 0.330 e. The van der Waals surface area contributed by atoms with Gasteiger partial charge in [-0.15, -0.1) is 11.6 Å². The summed E-state index contributed by atoms with van der Waals surface area (Å²) in [6.07, 6.45) is 4.94. The molecule has 0 fully saturated rings. The van der Waals surface area contributed by atoms with E-state index in [1.807, 2.05) is 16.9 Å². The van der Waals surface area contributed by atoms with E-state index < -0.39 is 0 Å². The monoisotopic (exact) mass is 197 g/mol. The number of halogens is 1. The van der Waals surface area contributed by atoms with Crippen LogP contribution in [0.5, 0.6) is 0 Å². The summed E-state index contributed by atoms with van der Waals surface area (Å²) in [7, 11) is 0. The van der Waals surface area contributed by atoms with Crippen LogP contribution in [0.3, 0.4) is 0 Å². The molecule has 2 heterocycles. The molecule has 0 spiro atoms. The number of fused-ring (bicyclic) bond motifs is 1. The molecule has 0 aliphatic rings. The number of aryl methyl sites for hydroxylation is 2. The van der Waals surface area contributed by atoms with Crippen molar-refractivity contribution in [1.82, 2.24) is 14.2 Å². The van der Waals surface area contributed by atoms with Gasteiger partial charge in [0.05, 0.1) is 5.69 Å². The van der Waals surface area contributed by atoms with E-state index in [1.54, 1.807) is 0 Å². The number of alkyl halides is 1. The van der Waals surface area contributed by atoms with Gasteiger partial charge >= 0.3 is 0 Å². The fourth-order valence-corrected chi connectivity index (χ4v) is 1.61. The molecule has 0 amide bonds. The highest BCUT2D eigenvalue weighted by atomic mass is 35.5. The maximum absolute atomic E-state index is 5.68. The molecule has 0 aliphatic heterocycles. The van der Waals surface area contributed by atoms with Crippen LogP contribution in [0, 0.1) is 0 Å². The molecule has 2 aromatic heterocycles. The lowest BCUT2D eigenvalue weighted by atomic mass is 10.3. The van der Waals surface area contributed by atoms with Crippen molar-refractivity contribution in [3.63, 3.8) is 0 Å². The quantitative estimate of drug-likeness (QED) is 0.690. The van der Waals surface area contributed by atoms with Crippen LogP contribution >= 0.6 is 11.6 Å². The summed E-state index contributed by atoms with van der Waals surface area (Å²) >= 11 is 5.68. The molecule has 0 atom stereocenters. The lowest BCUT2D eigenvalue weighted by Crippen LogP contribution is -1.96. The molecule has 4 heteroatoms. The number of rotatable bonds is 3. The standard InChI is InChI=1S/C9H12ClN3/c1-2-8-7-9-12(4-3-10)5-6-13(9)11-8/h5-7H,2-4H2,1H3. The van der Waals surface area contributed by atoms with Gasteiger partial charge in [0.15, 0.2) is 0 Å². The topological polar surface area (TPSA) is 22.2 Å². The van der Waals surface area contributed by atoms with Gasteiger partial charge in [0.1, 0.15) is 5.65 Å². The molecule has 70 valence electrons. The van der Waals surface area contributed by atoms with E-state index in [2.05, 4.69) is 22.7 Å². The van der Waals surface area contributed by atoms with Gasteiger partial charge in [0.25, 0.3) is 0 Å². The lowest BCUT2D eigenvalue weighted by molar-refractivity contribution is 0.794. The van der Waals surface area contributed by atoms with Gasteiger partial charge in [0.2, 0.25) is 0 Å². The predicted octanol–water partition coefficient (Wildman–Crippen LogP) is 1.94. The van der Waals surface area contributed by atoms with Gasteiger partial charge in [0, 0.05) is 30.9 Å². The Labute approximate surface area is 81.9 Å². The molecule has 3 nitrogen and oxygen atoms in total. The van der Waals surface area contributed by atoms with Crippen LogP contribution < -0.4 is 0 Å². The van der Waals surface area contributed by atoms with Crippen molar-refractivity contribution in [3.8, 4) is 0 Å². The first-order valence-corrected chi connectivity index (χ1v) is 4.98. The van der Waals surface area contributed by atoms with Crippen molar-refractivity contribution in [3.05, 3.63) is 24.2 Å². The van der Waals surface area contributed by atoms with Crippen LogP contribution in [0.25, 0.3) is 5.65 Å². The number of hydrogen-bond donors (Lipinski definition) is 0. The lowest BCUT2D eigenvalue weighted by Gasteiger charge is -1.96. The van der Waals surface area contributed by atoms with Gasteiger partial charge in [-0.1, -0.05) is 6.92 Å². The number of nitrogens with zero attached hydrogens (tertiary/aromatic N) is 3. The van der Waals surface area contributed by atoms with Crippen molar-refractivity contribution in [2.45, 2.75) is 19.9 Å². The summed E-state index contributed by atoms with van der Waals surface area (Å²) < 4.78 is 4.00. The minimum absolute atomic E-state index is 0.636. The Kier molecular flexibility index (Phi) is 2.27. The second kappa shape index (κ2) is 3.42. The highest BCUT2D eigenvalue weighted by molar-refractivity contribution is 6.17. The Bertz CT molecular complexity index is 402. The van der Waals surface area contributed by atoms with Crippen molar-refractivity contribution in [2.24, 2.45) is 0 Å². The van der Waals surface area contributed by atoms with Crippen molar-refractivity contribution >= 4 is 17.2 Å². The summed E-state index contributed by atoms with van der Waals surface area (Å²) in [6, 6.07) is 2.10. The molecule has 0 saturated heterocycles. The van der Waals surface area contributed by atoms with Gasteiger partial charge in [-0.25, -0.2) is 4.52 Å². The van der Waals surface area contributed by atoms with E-state index in [0.29, 0.717) is 5.88 Å². The van der Waals surface area contributed by atoms with Crippen LogP contribution in [0.2, 0.25) is 0 Å². The summed E-state index contributed by atoms with van der Waals surface area (Å²) in [6.45, 7) is 2.95. The average Bonchev–Trinajstić information content (AvgIpc) is 2.67. The van der Waals surface area contributed by atoms with Gasteiger partial charge in [-0.2, -0.15) is 5.10 Å². The molecule has 0 bridgehead atoms.